The first-order valence-corrected chi connectivity index (χ1v) is 11.6. The molecule has 0 saturated carbocycles. The Labute approximate surface area is 219 Å². The van der Waals surface area contributed by atoms with Gasteiger partial charge in [-0.25, -0.2) is 0 Å². The summed E-state index contributed by atoms with van der Waals surface area (Å²) in [5.74, 6) is -1.07. The quantitative estimate of drug-likeness (QED) is 0.102. The molecule has 0 bridgehead atoms. The zero-order valence-electron chi connectivity index (χ0n) is 18.5. The number of halogens is 6. The summed E-state index contributed by atoms with van der Waals surface area (Å²) in [4.78, 5) is 24.3. The molecule has 0 N–H and O–H groups in total. The average Bonchev–Trinajstić information content (AvgIpc) is 3.10. The highest BCUT2D eigenvalue weighted by Crippen LogP contribution is 2.40. The van der Waals surface area contributed by atoms with Crippen molar-refractivity contribution < 1.29 is 40.8 Å². The molecule has 0 aromatic heterocycles. The van der Waals surface area contributed by atoms with Crippen LogP contribution in [0.4, 0.5) is 37.7 Å². The molecule has 1 saturated heterocycles. The number of thiocarbonyl (C=S) groups is 1. The molecule has 4 rings (SSSR count). The summed E-state index contributed by atoms with van der Waals surface area (Å²) < 4.78 is 83.6. The van der Waals surface area contributed by atoms with Gasteiger partial charge in [0.15, 0.2) is 4.32 Å². The lowest BCUT2D eigenvalue weighted by atomic mass is 10.1. The Morgan fingerprint density at radius 2 is 1.58 bits per heavy atom. The first-order valence-electron chi connectivity index (χ1n) is 10.3. The Morgan fingerprint density at radius 3 is 2.24 bits per heavy atom. The van der Waals surface area contributed by atoms with E-state index in [1.807, 2.05) is 0 Å². The number of carbonyl (C=O) groups excluding carboxylic acids is 1. The number of hydrogen-bond donors (Lipinski definition) is 0. The van der Waals surface area contributed by atoms with Crippen LogP contribution in [0.25, 0.3) is 6.08 Å². The van der Waals surface area contributed by atoms with E-state index in [4.69, 9.17) is 17.0 Å². The molecule has 0 aliphatic carbocycles. The second kappa shape index (κ2) is 10.1. The van der Waals surface area contributed by atoms with E-state index in [2.05, 4.69) is 0 Å². The molecular weight excluding hydrogens is 558 g/mol. The van der Waals surface area contributed by atoms with Gasteiger partial charge in [-0.05, 0) is 54.1 Å². The Balaban J connectivity index is 1.60. The van der Waals surface area contributed by atoms with Gasteiger partial charge in [0.1, 0.15) is 5.75 Å². The van der Waals surface area contributed by atoms with Crippen molar-refractivity contribution in [3.05, 3.63) is 98.4 Å². The van der Waals surface area contributed by atoms with E-state index >= 15 is 0 Å². The SMILES string of the molecule is O=C1/C(=C/c2cccc(Oc3ccc(C(F)(F)F)cc3[N+](=O)[O-])c2)SC(=S)N1c1cccc(C(F)(F)F)c1. The lowest BCUT2D eigenvalue weighted by Crippen LogP contribution is -2.27. The van der Waals surface area contributed by atoms with Gasteiger partial charge in [-0.1, -0.05) is 42.2 Å². The molecule has 3 aromatic carbocycles. The first-order chi connectivity index (χ1) is 17.7. The number of thioether (sulfide) groups is 1. The van der Waals surface area contributed by atoms with Crippen molar-refractivity contribution in [1.82, 2.24) is 0 Å². The van der Waals surface area contributed by atoms with Gasteiger partial charge in [0.05, 0.1) is 26.6 Å². The maximum absolute atomic E-state index is 13.1. The minimum absolute atomic E-state index is 0.00774. The average molecular weight is 570 g/mol. The summed E-state index contributed by atoms with van der Waals surface area (Å²) >= 11 is 6.05. The number of amides is 1. The fraction of sp³-hybridized carbons (Fsp3) is 0.0833. The summed E-state index contributed by atoms with van der Waals surface area (Å²) in [5.41, 5.74) is -2.76. The zero-order chi connectivity index (χ0) is 27.8. The monoisotopic (exact) mass is 570 g/mol. The van der Waals surface area contributed by atoms with Crippen LogP contribution in [0.1, 0.15) is 16.7 Å². The number of rotatable bonds is 5. The lowest BCUT2D eigenvalue weighted by molar-refractivity contribution is -0.385. The number of anilines is 1. The molecule has 1 fully saturated rings. The standard InChI is InChI=1S/C24H12F6N2O4S2/c25-23(26,27)14-4-2-5-16(11-14)31-21(33)20(38-22(31)37)10-13-3-1-6-17(9-13)36-19-8-7-15(24(28,29)30)12-18(19)32(34)35/h1-12H/b20-10-. The highest BCUT2D eigenvalue weighted by Gasteiger charge is 2.36. The van der Waals surface area contributed by atoms with E-state index in [1.54, 1.807) is 6.07 Å². The van der Waals surface area contributed by atoms with Gasteiger partial charge in [0.25, 0.3) is 5.91 Å². The van der Waals surface area contributed by atoms with E-state index in [-0.39, 0.29) is 20.7 Å². The van der Waals surface area contributed by atoms with Crippen LogP contribution >= 0.6 is 24.0 Å². The molecule has 196 valence electrons. The van der Waals surface area contributed by atoms with Gasteiger partial charge in [-0.2, -0.15) is 26.3 Å². The van der Waals surface area contributed by atoms with E-state index in [9.17, 15) is 41.3 Å². The van der Waals surface area contributed by atoms with Crippen molar-refractivity contribution in [3.63, 3.8) is 0 Å². The number of nitro benzene ring substituents is 1. The lowest BCUT2D eigenvalue weighted by Gasteiger charge is -2.16. The molecule has 14 heteroatoms. The maximum Gasteiger partial charge on any atom is 0.416 e. The summed E-state index contributed by atoms with van der Waals surface area (Å²) in [6.07, 6.45) is -8.01. The van der Waals surface area contributed by atoms with E-state index in [0.29, 0.717) is 17.7 Å². The van der Waals surface area contributed by atoms with Crippen LogP contribution in [0, 0.1) is 10.1 Å². The minimum atomic E-state index is -4.79. The highest BCUT2D eigenvalue weighted by atomic mass is 32.2. The third-order valence-corrected chi connectivity index (χ3v) is 6.39. The third kappa shape index (κ3) is 5.81. The van der Waals surface area contributed by atoms with Crippen molar-refractivity contribution >= 4 is 51.7 Å². The minimum Gasteiger partial charge on any atom is -0.450 e. The largest absolute Gasteiger partial charge is 0.450 e. The number of carbonyl (C=O) groups is 1. The predicted molar refractivity (Wildman–Crippen MR) is 132 cm³/mol. The summed E-state index contributed by atoms with van der Waals surface area (Å²) in [6.45, 7) is 0. The second-order valence-corrected chi connectivity index (χ2v) is 9.35. The fourth-order valence-corrected chi connectivity index (χ4v) is 4.68. The van der Waals surface area contributed by atoms with E-state index < -0.39 is 45.7 Å². The smallest absolute Gasteiger partial charge is 0.416 e. The Kier molecular flexibility index (Phi) is 7.21. The topological polar surface area (TPSA) is 72.7 Å². The van der Waals surface area contributed by atoms with Crippen LogP contribution in [-0.2, 0) is 17.1 Å². The van der Waals surface area contributed by atoms with Crippen molar-refractivity contribution in [2.45, 2.75) is 12.4 Å². The summed E-state index contributed by atoms with van der Waals surface area (Å²) in [7, 11) is 0. The van der Waals surface area contributed by atoms with Crippen LogP contribution in [0.15, 0.2) is 71.6 Å². The molecule has 1 aliphatic heterocycles. The summed E-state index contributed by atoms with van der Waals surface area (Å²) in [6, 6.07) is 11.8. The molecule has 1 aliphatic rings. The van der Waals surface area contributed by atoms with Crippen molar-refractivity contribution in [3.8, 4) is 11.5 Å². The molecule has 1 amide bonds. The van der Waals surface area contributed by atoms with Gasteiger partial charge < -0.3 is 4.74 Å². The van der Waals surface area contributed by atoms with Crippen molar-refractivity contribution in [2.75, 3.05) is 4.90 Å². The van der Waals surface area contributed by atoms with Gasteiger partial charge >= 0.3 is 18.0 Å². The van der Waals surface area contributed by atoms with Crippen LogP contribution in [-0.4, -0.2) is 15.2 Å². The third-order valence-electron chi connectivity index (χ3n) is 5.09. The number of ether oxygens (including phenoxy) is 1. The normalized spacial score (nSPS) is 15.3. The van der Waals surface area contributed by atoms with Gasteiger partial charge in [0, 0.05) is 6.07 Å². The van der Waals surface area contributed by atoms with Gasteiger partial charge in [-0.15, -0.1) is 0 Å². The molecule has 0 spiro atoms. The number of nitrogens with zero attached hydrogens (tertiary/aromatic N) is 2. The van der Waals surface area contributed by atoms with Gasteiger partial charge in [-0.3, -0.25) is 19.8 Å². The first kappa shape index (κ1) is 27.1. The molecule has 0 unspecified atom stereocenters. The van der Waals surface area contributed by atoms with Crippen molar-refractivity contribution in [1.29, 1.82) is 0 Å². The molecule has 0 radical (unpaired) electrons. The number of hydrogen-bond acceptors (Lipinski definition) is 6. The molecular formula is C24H12F6N2O4S2. The Hall–Kier alpha value is -3.91. The Bertz CT molecular complexity index is 1490. The Morgan fingerprint density at radius 1 is 0.921 bits per heavy atom. The fourth-order valence-electron chi connectivity index (χ4n) is 3.38. The highest BCUT2D eigenvalue weighted by molar-refractivity contribution is 8.27. The van der Waals surface area contributed by atoms with Crippen LogP contribution in [0.2, 0.25) is 0 Å². The van der Waals surface area contributed by atoms with Crippen LogP contribution in [0.5, 0.6) is 11.5 Å². The van der Waals surface area contributed by atoms with Gasteiger partial charge in [0.2, 0.25) is 5.75 Å². The van der Waals surface area contributed by atoms with Crippen LogP contribution < -0.4 is 9.64 Å². The molecule has 0 atom stereocenters. The van der Waals surface area contributed by atoms with Crippen molar-refractivity contribution in [2.24, 2.45) is 0 Å². The summed E-state index contributed by atoms with van der Waals surface area (Å²) in [5, 5.41) is 11.3. The number of alkyl halides is 6. The predicted octanol–water partition coefficient (Wildman–Crippen LogP) is 7.83. The molecule has 6 nitrogen and oxygen atoms in total. The molecule has 1 heterocycles. The molecule has 38 heavy (non-hydrogen) atoms. The molecule has 3 aromatic rings. The van der Waals surface area contributed by atoms with Crippen LogP contribution in [0.3, 0.4) is 0 Å². The number of nitro groups is 1. The zero-order valence-corrected chi connectivity index (χ0v) is 20.2. The number of benzene rings is 3. The van der Waals surface area contributed by atoms with E-state index in [0.717, 1.165) is 40.9 Å². The second-order valence-electron chi connectivity index (χ2n) is 7.68. The maximum atomic E-state index is 13.1. The van der Waals surface area contributed by atoms with E-state index in [1.165, 1.54) is 30.3 Å².